The van der Waals surface area contributed by atoms with Gasteiger partial charge in [0.05, 0.1) is 17.9 Å². The molecule has 0 saturated heterocycles. The Kier molecular flexibility index (Phi) is 4.98. The second-order valence-corrected chi connectivity index (χ2v) is 5.22. The van der Waals surface area contributed by atoms with E-state index in [1.807, 2.05) is 0 Å². The van der Waals surface area contributed by atoms with Crippen molar-refractivity contribution in [2.75, 3.05) is 12.9 Å². The van der Waals surface area contributed by atoms with Crippen LogP contribution in [0.25, 0.3) is 0 Å². The van der Waals surface area contributed by atoms with Gasteiger partial charge in [0, 0.05) is 11.8 Å². The predicted octanol–water partition coefficient (Wildman–Crippen LogP) is 3.86. The summed E-state index contributed by atoms with van der Waals surface area (Å²) in [6.07, 6.45) is 1.60. The highest BCUT2D eigenvalue weighted by Crippen LogP contribution is 2.25. The highest BCUT2D eigenvalue weighted by atomic mass is 35.5. The molecule has 1 aromatic carbocycles. The second-order valence-electron chi connectivity index (χ2n) is 3.85. The molecular formula is C14H11ClFNO2S. The summed E-state index contributed by atoms with van der Waals surface area (Å²) in [5.74, 6) is -0.498. The maximum Gasteiger partial charge on any atom is 0.173 e. The number of benzene rings is 1. The van der Waals surface area contributed by atoms with Crippen LogP contribution in [0.2, 0.25) is 5.02 Å². The Bertz CT molecular complexity index is 636. The molecule has 0 aliphatic heterocycles. The van der Waals surface area contributed by atoms with Crippen LogP contribution in [-0.4, -0.2) is 23.6 Å². The smallest absolute Gasteiger partial charge is 0.173 e. The molecule has 0 radical (unpaired) electrons. The van der Waals surface area contributed by atoms with Gasteiger partial charge in [-0.15, -0.1) is 0 Å². The first-order valence-electron chi connectivity index (χ1n) is 5.72. The number of Topliss-reactive ketones (excluding diaryl/α,β-unsaturated/α-hetero) is 1. The summed E-state index contributed by atoms with van der Waals surface area (Å²) in [7, 11) is 1.37. The van der Waals surface area contributed by atoms with Gasteiger partial charge < -0.3 is 4.74 Å². The largest absolute Gasteiger partial charge is 0.494 e. The van der Waals surface area contributed by atoms with E-state index >= 15 is 0 Å². The molecular weight excluding hydrogens is 301 g/mol. The Morgan fingerprint density at radius 1 is 1.45 bits per heavy atom. The SMILES string of the molecule is COc1ccc(C(=O)CSc2ncccc2Cl)cc1F. The summed E-state index contributed by atoms with van der Waals surface area (Å²) in [6.45, 7) is 0. The van der Waals surface area contributed by atoms with Gasteiger partial charge in [0.15, 0.2) is 17.3 Å². The minimum atomic E-state index is -0.556. The number of aromatic nitrogens is 1. The number of ether oxygens (including phenoxy) is 1. The van der Waals surface area contributed by atoms with Crippen molar-refractivity contribution in [2.45, 2.75) is 5.03 Å². The van der Waals surface area contributed by atoms with Gasteiger partial charge in [-0.1, -0.05) is 23.4 Å². The molecule has 0 bridgehead atoms. The van der Waals surface area contributed by atoms with E-state index in [-0.39, 0.29) is 17.3 Å². The Morgan fingerprint density at radius 2 is 2.25 bits per heavy atom. The summed E-state index contributed by atoms with van der Waals surface area (Å²) in [5, 5.41) is 1.07. The van der Waals surface area contributed by atoms with Gasteiger partial charge in [0.2, 0.25) is 0 Å². The molecule has 6 heteroatoms. The van der Waals surface area contributed by atoms with E-state index in [0.717, 1.165) is 0 Å². The number of pyridine rings is 1. The van der Waals surface area contributed by atoms with Crippen LogP contribution >= 0.6 is 23.4 Å². The number of hydrogen-bond donors (Lipinski definition) is 0. The Hall–Kier alpha value is -1.59. The molecule has 0 fully saturated rings. The van der Waals surface area contributed by atoms with Gasteiger partial charge in [-0.25, -0.2) is 9.37 Å². The minimum absolute atomic E-state index is 0.113. The number of ketones is 1. The third-order valence-electron chi connectivity index (χ3n) is 2.54. The quantitative estimate of drug-likeness (QED) is 0.621. The van der Waals surface area contributed by atoms with Crippen LogP contribution < -0.4 is 4.74 Å². The van der Waals surface area contributed by atoms with Crippen molar-refractivity contribution >= 4 is 29.1 Å². The number of rotatable bonds is 5. The third kappa shape index (κ3) is 3.49. The Morgan fingerprint density at radius 3 is 2.90 bits per heavy atom. The average Bonchev–Trinajstić information content (AvgIpc) is 2.46. The predicted molar refractivity (Wildman–Crippen MR) is 77.3 cm³/mol. The lowest BCUT2D eigenvalue weighted by Crippen LogP contribution is -2.04. The first kappa shape index (κ1) is 14.8. The molecule has 1 aromatic heterocycles. The molecule has 1 heterocycles. The highest BCUT2D eigenvalue weighted by Gasteiger charge is 2.12. The van der Waals surface area contributed by atoms with Gasteiger partial charge in [-0.3, -0.25) is 4.79 Å². The summed E-state index contributed by atoms with van der Waals surface area (Å²) in [5.41, 5.74) is 0.294. The van der Waals surface area contributed by atoms with Crippen molar-refractivity contribution in [1.82, 2.24) is 4.98 Å². The summed E-state index contributed by atoms with van der Waals surface area (Å²) >= 11 is 7.17. The van der Waals surface area contributed by atoms with Crippen molar-refractivity contribution in [3.63, 3.8) is 0 Å². The van der Waals surface area contributed by atoms with E-state index in [1.165, 1.54) is 37.1 Å². The van der Waals surface area contributed by atoms with Gasteiger partial charge in [-0.05, 0) is 30.3 Å². The zero-order valence-electron chi connectivity index (χ0n) is 10.6. The van der Waals surface area contributed by atoms with Gasteiger partial charge in [0.25, 0.3) is 0 Å². The van der Waals surface area contributed by atoms with E-state index < -0.39 is 5.82 Å². The van der Waals surface area contributed by atoms with Crippen LogP contribution in [0.5, 0.6) is 5.75 Å². The molecule has 3 nitrogen and oxygen atoms in total. The number of halogens is 2. The fourth-order valence-corrected chi connectivity index (χ4v) is 2.60. The van der Waals surface area contributed by atoms with Gasteiger partial charge in [0.1, 0.15) is 5.03 Å². The normalized spacial score (nSPS) is 10.3. The van der Waals surface area contributed by atoms with Crippen molar-refractivity contribution < 1.29 is 13.9 Å². The van der Waals surface area contributed by atoms with Crippen LogP contribution in [0.1, 0.15) is 10.4 Å². The van der Waals surface area contributed by atoms with E-state index in [2.05, 4.69) is 4.98 Å². The van der Waals surface area contributed by atoms with Crippen LogP contribution in [0, 0.1) is 5.82 Å². The van der Waals surface area contributed by atoms with E-state index in [1.54, 1.807) is 18.3 Å². The summed E-state index contributed by atoms with van der Waals surface area (Å²) in [4.78, 5) is 16.1. The number of hydrogen-bond acceptors (Lipinski definition) is 4. The minimum Gasteiger partial charge on any atom is -0.494 e. The third-order valence-corrected chi connectivity index (χ3v) is 3.96. The lowest BCUT2D eigenvalue weighted by atomic mass is 10.1. The first-order valence-corrected chi connectivity index (χ1v) is 7.08. The van der Waals surface area contributed by atoms with Crippen LogP contribution in [-0.2, 0) is 0 Å². The Labute approximate surface area is 125 Å². The fraction of sp³-hybridized carbons (Fsp3) is 0.143. The maximum atomic E-state index is 13.5. The van der Waals surface area contributed by atoms with Gasteiger partial charge >= 0.3 is 0 Å². The highest BCUT2D eigenvalue weighted by molar-refractivity contribution is 8.00. The van der Waals surface area contributed by atoms with E-state index in [4.69, 9.17) is 16.3 Å². The van der Waals surface area contributed by atoms with E-state index in [9.17, 15) is 9.18 Å². The molecule has 0 saturated carbocycles. The molecule has 0 atom stereocenters. The monoisotopic (exact) mass is 311 g/mol. The molecule has 2 rings (SSSR count). The average molecular weight is 312 g/mol. The van der Waals surface area contributed by atoms with Crippen molar-refractivity contribution in [3.05, 3.63) is 52.9 Å². The summed E-state index contributed by atoms with van der Waals surface area (Å²) in [6, 6.07) is 7.55. The number of carbonyl (C=O) groups excluding carboxylic acids is 1. The number of nitrogens with zero attached hydrogens (tertiary/aromatic N) is 1. The number of carbonyl (C=O) groups is 1. The van der Waals surface area contributed by atoms with Gasteiger partial charge in [-0.2, -0.15) is 0 Å². The molecule has 20 heavy (non-hydrogen) atoms. The van der Waals surface area contributed by atoms with E-state index in [0.29, 0.717) is 15.6 Å². The second kappa shape index (κ2) is 6.72. The number of methoxy groups -OCH3 is 1. The van der Waals surface area contributed by atoms with Crippen molar-refractivity contribution in [2.24, 2.45) is 0 Å². The molecule has 0 amide bonds. The number of thioether (sulfide) groups is 1. The molecule has 0 N–H and O–H groups in total. The molecule has 0 unspecified atom stereocenters. The maximum absolute atomic E-state index is 13.5. The molecule has 0 spiro atoms. The lowest BCUT2D eigenvalue weighted by molar-refractivity contribution is 0.102. The van der Waals surface area contributed by atoms with Crippen LogP contribution in [0.4, 0.5) is 4.39 Å². The zero-order valence-corrected chi connectivity index (χ0v) is 12.2. The molecule has 0 aliphatic rings. The first-order chi connectivity index (χ1) is 9.61. The molecule has 0 aliphatic carbocycles. The van der Waals surface area contributed by atoms with Crippen LogP contribution in [0.3, 0.4) is 0 Å². The van der Waals surface area contributed by atoms with Crippen molar-refractivity contribution in [3.8, 4) is 5.75 Å². The zero-order chi connectivity index (χ0) is 14.5. The molecule has 104 valence electrons. The summed E-state index contributed by atoms with van der Waals surface area (Å²) < 4.78 is 18.3. The standard InChI is InChI=1S/C14H11ClFNO2S/c1-19-13-5-4-9(7-11(13)16)12(18)8-20-14-10(15)3-2-6-17-14/h2-7H,8H2,1H3. The van der Waals surface area contributed by atoms with Crippen LogP contribution in [0.15, 0.2) is 41.6 Å². The fourth-order valence-electron chi connectivity index (χ4n) is 1.53. The lowest BCUT2D eigenvalue weighted by Gasteiger charge is -2.05. The topological polar surface area (TPSA) is 39.2 Å². The Balaban J connectivity index is 2.05. The van der Waals surface area contributed by atoms with Crippen molar-refractivity contribution in [1.29, 1.82) is 0 Å². The molecule has 2 aromatic rings.